The van der Waals surface area contributed by atoms with E-state index in [0.717, 1.165) is 12.8 Å². The molecule has 1 atom stereocenters. The van der Waals surface area contributed by atoms with E-state index in [1.54, 1.807) is 0 Å². The van der Waals surface area contributed by atoms with Crippen LogP contribution in [0.2, 0.25) is 0 Å². The van der Waals surface area contributed by atoms with E-state index in [1.165, 1.54) is 0 Å². The number of rotatable bonds is 6. The summed E-state index contributed by atoms with van der Waals surface area (Å²) in [6.07, 6.45) is 5.80. The number of aliphatic hydroxyl groups is 1. The van der Waals surface area contributed by atoms with Crippen molar-refractivity contribution in [2.45, 2.75) is 39.2 Å². The largest absolute Gasteiger partial charge is 0.463 e. The minimum atomic E-state index is -0.324. The van der Waals surface area contributed by atoms with E-state index in [1.807, 2.05) is 26.0 Å². The summed E-state index contributed by atoms with van der Waals surface area (Å²) in [5.74, 6) is -0.324. The van der Waals surface area contributed by atoms with Crippen molar-refractivity contribution in [2.24, 2.45) is 0 Å². The van der Waals surface area contributed by atoms with E-state index in [0.29, 0.717) is 0 Å². The fourth-order valence-electron chi connectivity index (χ4n) is 0.931. The maximum Gasteiger partial charge on any atom is 0.308 e. The normalized spacial score (nSPS) is 13.2. The Morgan fingerprint density at radius 3 is 2.85 bits per heavy atom. The van der Waals surface area contributed by atoms with Gasteiger partial charge < -0.3 is 9.84 Å². The second-order valence-electron chi connectivity index (χ2n) is 2.92. The van der Waals surface area contributed by atoms with E-state index >= 15 is 0 Å². The summed E-state index contributed by atoms with van der Waals surface area (Å²) >= 11 is 0. The monoisotopic (exact) mass is 186 g/mol. The number of hydrogen-bond acceptors (Lipinski definition) is 3. The highest BCUT2D eigenvalue weighted by Crippen LogP contribution is 2.03. The molecule has 0 heterocycles. The Morgan fingerprint density at radius 2 is 2.31 bits per heavy atom. The van der Waals surface area contributed by atoms with Gasteiger partial charge in [0.05, 0.1) is 19.1 Å². The van der Waals surface area contributed by atoms with Gasteiger partial charge in [-0.3, -0.25) is 4.79 Å². The van der Waals surface area contributed by atoms with Crippen LogP contribution in [0, 0.1) is 0 Å². The molecule has 0 spiro atoms. The first kappa shape index (κ1) is 12.2. The zero-order valence-electron chi connectivity index (χ0n) is 8.32. The molecule has 76 valence electrons. The van der Waals surface area contributed by atoms with Crippen LogP contribution in [0.25, 0.3) is 0 Å². The SMILES string of the molecule is CC=CCCC(C)OC(=O)CCO. The molecule has 0 rings (SSSR count). The Hall–Kier alpha value is -0.830. The Morgan fingerprint density at radius 1 is 1.62 bits per heavy atom. The maximum absolute atomic E-state index is 10.9. The van der Waals surface area contributed by atoms with Gasteiger partial charge in [-0.2, -0.15) is 0 Å². The summed E-state index contributed by atoms with van der Waals surface area (Å²) in [6.45, 7) is 3.68. The first-order valence-electron chi connectivity index (χ1n) is 4.62. The van der Waals surface area contributed by atoms with Crippen molar-refractivity contribution in [1.29, 1.82) is 0 Å². The second kappa shape index (κ2) is 7.80. The topological polar surface area (TPSA) is 46.5 Å². The molecule has 0 saturated carbocycles. The smallest absolute Gasteiger partial charge is 0.308 e. The number of aliphatic hydroxyl groups excluding tert-OH is 1. The highest BCUT2D eigenvalue weighted by molar-refractivity contribution is 5.69. The quantitative estimate of drug-likeness (QED) is 0.507. The lowest BCUT2D eigenvalue weighted by atomic mass is 10.2. The van der Waals surface area contributed by atoms with Gasteiger partial charge in [0.15, 0.2) is 0 Å². The first-order chi connectivity index (χ1) is 6.20. The molecule has 0 aliphatic rings. The van der Waals surface area contributed by atoms with Crippen LogP contribution in [0.1, 0.15) is 33.1 Å². The fraction of sp³-hybridized carbons (Fsp3) is 0.700. The number of allylic oxidation sites excluding steroid dienone is 2. The lowest BCUT2D eigenvalue weighted by Crippen LogP contribution is -2.15. The van der Waals surface area contributed by atoms with Crippen LogP contribution in [0.3, 0.4) is 0 Å². The molecule has 0 aromatic rings. The highest BCUT2D eigenvalue weighted by Gasteiger charge is 2.07. The molecule has 3 heteroatoms. The zero-order chi connectivity index (χ0) is 10.1. The number of ether oxygens (including phenoxy) is 1. The van der Waals surface area contributed by atoms with Gasteiger partial charge >= 0.3 is 5.97 Å². The first-order valence-corrected chi connectivity index (χ1v) is 4.62. The van der Waals surface area contributed by atoms with Crippen molar-refractivity contribution in [3.8, 4) is 0 Å². The molecule has 0 amide bonds. The summed E-state index contributed by atoms with van der Waals surface area (Å²) in [4.78, 5) is 10.9. The van der Waals surface area contributed by atoms with Crippen LogP contribution >= 0.6 is 0 Å². The lowest BCUT2D eigenvalue weighted by molar-refractivity contribution is -0.149. The minimum absolute atomic E-state index is 0.0600. The second-order valence-corrected chi connectivity index (χ2v) is 2.92. The van der Waals surface area contributed by atoms with E-state index in [-0.39, 0.29) is 25.1 Å². The van der Waals surface area contributed by atoms with Crippen LogP contribution in [0.4, 0.5) is 0 Å². The van der Waals surface area contributed by atoms with Crippen LogP contribution in [0.5, 0.6) is 0 Å². The predicted molar refractivity (Wildman–Crippen MR) is 51.3 cm³/mol. The zero-order valence-corrected chi connectivity index (χ0v) is 8.32. The van der Waals surface area contributed by atoms with Crippen molar-refractivity contribution in [2.75, 3.05) is 6.61 Å². The lowest BCUT2D eigenvalue weighted by Gasteiger charge is -2.11. The van der Waals surface area contributed by atoms with Crippen LogP contribution in [-0.2, 0) is 9.53 Å². The molecule has 0 aromatic carbocycles. The standard InChI is InChI=1S/C10H18O3/c1-3-4-5-6-9(2)13-10(12)7-8-11/h3-4,9,11H,5-8H2,1-2H3. The molecular weight excluding hydrogens is 168 g/mol. The number of carbonyl (C=O) groups excluding carboxylic acids is 1. The van der Waals surface area contributed by atoms with Gasteiger partial charge in [0.1, 0.15) is 0 Å². The van der Waals surface area contributed by atoms with Gasteiger partial charge in [-0.1, -0.05) is 12.2 Å². The van der Waals surface area contributed by atoms with Gasteiger partial charge in [-0.25, -0.2) is 0 Å². The van der Waals surface area contributed by atoms with Crippen LogP contribution in [0.15, 0.2) is 12.2 Å². The predicted octanol–water partition coefficient (Wildman–Crippen LogP) is 1.66. The molecule has 13 heavy (non-hydrogen) atoms. The molecule has 1 unspecified atom stereocenters. The molecule has 1 N–H and O–H groups in total. The summed E-state index contributed by atoms with van der Waals surface area (Å²) in [5, 5.41) is 8.45. The van der Waals surface area contributed by atoms with Crippen molar-refractivity contribution in [1.82, 2.24) is 0 Å². The number of esters is 1. The van der Waals surface area contributed by atoms with Crippen molar-refractivity contribution in [3.63, 3.8) is 0 Å². The van der Waals surface area contributed by atoms with Gasteiger partial charge in [0.2, 0.25) is 0 Å². The average Bonchev–Trinajstić information content (AvgIpc) is 2.05. The molecule has 0 bridgehead atoms. The Labute approximate surface area is 79.4 Å². The number of hydrogen-bond donors (Lipinski definition) is 1. The molecule has 0 aliphatic carbocycles. The highest BCUT2D eigenvalue weighted by atomic mass is 16.5. The summed E-state index contributed by atoms with van der Waals surface area (Å²) in [7, 11) is 0. The van der Waals surface area contributed by atoms with Gasteiger partial charge in [-0.05, 0) is 26.7 Å². The third-order valence-corrected chi connectivity index (χ3v) is 1.62. The molecule has 0 aromatic heterocycles. The minimum Gasteiger partial charge on any atom is -0.463 e. The summed E-state index contributed by atoms with van der Waals surface area (Å²) < 4.78 is 5.00. The van der Waals surface area contributed by atoms with E-state index in [4.69, 9.17) is 9.84 Å². The van der Waals surface area contributed by atoms with Gasteiger partial charge in [-0.15, -0.1) is 0 Å². The molecule has 0 saturated heterocycles. The van der Waals surface area contributed by atoms with E-state index < -0.39 is 0 Å². The third-order valence-electron chi connectivity index (χ3n) is 1.62. The summed E-state index contributed by atoms with van der Waals surface area (Å²) in [5.41, 5.74) is 0. The van der Waals surface area contributed by atoms with Crippen molar-refractivity contribution >= 4 is 5.97 Å². The van der Waals surface area contributed by atoms with E-state index in [2.05, 4.69) is 0 Å². The Balaban J connectivity index is 3.49. The molecular formula is C10H18O3. The van der Waals surface area contributed by atoms with Crippen molar-refractivity contribution in [3.05, 3.63) is 12.2 Å². The fourth-order valence-corrected chi connectivity index (χ4v) is 0.931. The van der Waals surface area contributed by atoms with E-state index in [9.17, 15) is 4.79 Å². The van der Waals surface area contributed by atoms with Gasteiger partial charge in [0, 0.05) is 0 Å². The third kappa shape index (κ3) is 7.53. The van der Waals surface area contributed by atoms with Crippen LogP contribution < -0.4 is 0 Å². The molecule has 0 aliphatic heterocycles. The summed E-state index contributed by atoms with van der Waals surface area (Å²) in [6, 6.07) is 0. The Kier molecular flexibility index (Phi) is 7.30. The number of carbonyl (C=O) groups is 1. The van der Waals surface area contributed by atoms with Crippen molar-refractivity contribution < 1.29 is 14.6 Å². The maximum atomic E-state index is 10.9. The molecule has 3 nitrogen and oxygen atoms in total. The molecule has 0 fully saturated rings. The Bertz CT molecular complexity index is 164. The van der Waals surface area contributed by atoms with Crippen LogP contribution in [-0.4, -0.2) is 23.8 Å². The van der Waals surface area contributed by atoms with Gasteiger partial charge in [0.25, 0.3) is 0 Å². The average molecular weight is 186 g/mol. The molecule has 0 radical (unpaired) electrons.